The Morgan fingerprint density at radius 3 is 2.55 bits per heavy atom. The maximum atomic E-state index is 11.5. The average Bonchev–Trinajstić information content (AvgIpc) is 2.85. The highest BCUT2D eigenvalue weighted by Gasteiger charge is 2.17. The zero-order valence-electron chi connectivity index (χ0n) is 10.9. The van der Waals surface area contributed by atoms with E-state index in [0.29, 0.717) is 11.3 Å². The Labute approximate surface area is 133 Å². The highest BCUT2D eigenvalue weighted by atomic mass is 79.9. The molecule has 0 aliphatic carbocycles. The van der Waals surface area contributed by atoms with E-state index >= 15 is 0 Å². The molecular weight excluding hydrogens is 392 g/mol. The third-order valence-corrected chi connectivity index (χ3v) is 3.81. The molecule has 0 N–H and O–H groups in total. The molecule has 0 bridgehead atoms. The van der Waals surface area contributed by atoms with Crippen LogP contribution in [0.3, 0.4) is 0 Å². The summed E-state index contributed by atoms with van der Waals surface area (Å²) >= 11 is 6.91. The van der Waals surface area contributed by atoms with E-state index in [1.54, 1.807) is 6.07 Å². The maximum Gasteiger partial charge on any atom is 0.374 e. The summed E-state index contributed by atoms with van der Waals surface area (Å²) in [5, 5.41) is 0. The molecule has 1 heterocycles. The molecule has 2 rings (SSSR count). The van der Waals surface area contributed by atoms with Gasteiger partial charge in [0.15, 0.2) is 0 Å². The first-order valence-corrected chi connectivity index (χ1v) is 7.34. The monoisotopic (exact) mass is 402 g/mol. The number of hydrogen-bond acceptors (Lipinski definition) is 4. The molecule has 20 heavy (non-hydrogen) atoms. The zero-order chi connectivity index (χ0) is 14.7. The summed E-state index contributed by atoms with van der Waals surface area (Å²) < 4.78 is 17.2. The second-order valence-corrected chi connectivity index (χ2v) is 5.82. The lowest BCUT2D eigenvalue weighted by molar-refractivity contribution is 0.0561. The molecule has 6 heteroatoms. The third-order valence-electron chi connectivity index (χ3n) is 2.63. The number of carbonyl (C=O) groups excluding carboxylic acids is 1. The van der Waals surface area contributed by atoms with Crippen LogP contribution in [0.2, 0.25) is 0 Å². The molecule has 0 atom stereocenters. The number of hydrogen-bond donors (Lipinski definition) is 0. The summed E-state index contributed by atoms with van der Waals surface area (Å²) in [6.07, 6.45) is 1.43. The predicted molar refractivity (Wildman–Crippen MR) is 81.0 cm³/mol. The number of aryl methyl sites for hydroxylation is 1. The minimum atomic E-state index is -0.518. The molecule has 0 saturated carbocycles. The standard InChI is InChI=1S/C14H12Br2O4/c1-8-5-10(15)13(11(16)6-8)20-7-9-3-4-19-12(9)14(17)18-2/h3-6H,7H2,1-2H3. The van der Waals surface area contributed by atoms with Gasteiger partial charge in [0.2, 0.25) is 5.76 Å². The zero-order valence-corrected chi connectivity index (χ0v) is 14.1. The van der Waals surface area contributed by atoms with E-state index in [1.165, 1.54) is 13.4 Å². The molecule has 0 saturated heterocycles. The van der Waals surface area contributed by atoms with E-state index in [2.05, 4.69) is 36.6 Å². The van der Waals surface area contributed by atoms with Gasteiger partial charge in [-0.05, 0) is 62.5 Å². The highest BCUT2D eigenvalue weighted by molar-refractivity contribution is 9.11. The topological polar surface area (TPSA) is 48.7 Å². The number of benzene rings is 1. The normalized spacial score (nSPS) is 10.4. The van der Waals surface area contributed by atoms with E-state index in [4.69, 9.17) is 9.15 Å². The fraction of sp³-hybridized carbons (Fsp3) is 0.214. The summed E-state index contributed by atoms with van der Waals surface area (Å²) in [7, 11) is 1.31. The lowest BCUT2D eigenvalue weighted by atomic mass is 10.2. The minimum absolute atomic E-state index is 0.159. The van der Waals surface area contributed by atoms with Gasteiger partial charge < -0.3 is 13.9 Å². The van der Waals surface area contributed by atoms with Gasteiger partial charge in [-0.3, -0.25) is 0 Å². The Hall–Kier alpha value is -1.27. The van der Waals surface area contributed by atoms with Crippen molar-refractivity contribution < 1.29 is 18.7 Å². The van der Waals surface area contributed by atoms with Crippen LogP contribution in [0.5, 0.6) is 5.75 Å². The third kappa shape index (κ3) is 3.24. The first-order chi connectivity index (χ1) is 9.52. The molecule has 0 radical (unpaired) electrons. The van der Waals surface area contributed by atoms with Gasteiger partial charge in [0, 0.05) is 5.56 Å². The van der Waals surface area contributed by atoms with Crippen LogP contribution >= 0.6 is 31.9 Å². The first kappa shape index (κ1) is 15.1. The molecule has 0 unspecified atom stereocenters. The number of rotatable bonds is 4. The minimum Gasteiger partial charge on any atom is -0.486 e. The highest BCUT2D eigenvalue weighted by Crippen LogP contribution is 2.35. The molecule has 106 valence electrons. The average molecular weight is 404 g/mol. The summed E-state index contributed by atoms with van der Waals surface area (Å²) in [6.45, 7) is 2.20. The number of ether oxygens (including phenoxy) is 2. The van der Waals surface area contributed by atoms with Crippen molar-refractivity contribution in [3.05, 3.63) is 50.3 Å². The van der Waals surface area contributed by atoms with E-state index in [0.717, 1.165) is 14.5 Å². The fourth-order valence-corrected chi connectivity index (χ4v) is 3.34. The molecule has 0 amide bonds. The van der Waals surface area contributed by atoms with Crippen molar-refractivity contribution >= 4 is 37.8 Å². The summed E-state index contributed by atoms with van der Waals surface area (Å²) in [6, 6.07) is 5.59. The largest absolute Gasteiger partial charge is 0.486 e. The molecule has 4 nitrogen and oxygen atoms in total. The van der Waals surface area contributed by atoms with E-state index in [-0.39, 0.29) is 12.4 Å². The van der Waals surface area contributed by atoms with Gasteiger partial charge in [-0.1, -0.05) is 0 Å². The van der Waals surface area contributed by atoms with Gasteiger partial charge in [0.05, 0.1) is 22.3 Å². The SMILES string of the molecule is COC(=O)c1occc1COc1c(Br)cc(C)cc1Br. The molecule has 0 aliphatic rings. The maximum absolute atomic E-state index is 11.5. The molecule has 0 fully saturated rings. The lowest BCUT2D eigenvalue weighted by Crippen LogP contribution is -2.05. The fourth-order valence-electron chi connectivity index (χ4n) is 1.70. The second-order valence-electron chi connectivity index (χ2n) is 4.11. The van der Waals surface area contributed by atoms with E-state index in [9.17, 15) is 4.79 Å². The van der Waals surface area contributed by atoms with Gasteiger partial charge in [-0.15, -0.1) is 0 Å². The van der Waals surface area contributed by atoms with Crippen molar-refractivity contribution in [3.8, 4) is 5.75 Å². The molecule has 1 aromatic heterocycles. The van der Waals surface area contributed by atoms with Crippen LogP contribution in [-0.2, 0) is 11.3 Å². The van der Waals surface area contributed by atoms with E-state index < -0.39 is 5.97 Å². The van der Waals surface area contributed by atoms with Gasteiger partial charge in [-0.2, -0.15) is 0 Å². The lowest BCUT2D eigenvalue weighted by Gasteiger charge is -2.11. The number of esters is 1. The van der Waals surface area contributed by atoms with Gasteiger partial charge in [0.25, 0.3) is 0 Å². The van der Waals surface area contributed by atoms with Crippen molar-refractivity contribution in [2.45, 2.75) is 13.5 Å². The molecule has 0 spiro atoms. The smallest absolute Gasteiger partial charge is 0.374 e. The van der Waals surface area contributed by atoms with Gasteiger partial charge in [0.1, 0.15) is 12.4 Å². The number of methoxy groups -OCH3 is 1. The Bertz CT molecular complexity index is 611. The Morgan fingerprint density at radius 2 is 1.95 bits per heavy atom. The summed E-state index contributed by atoms with van der Waals surface area (Å²) in [5.74, 6) is 0.315. The van der Waals surface area contributed by atoms with Crippen LogP contribution in [0.15, 0.2) is 37.8 Å². The quantitative estimate of drug-likeness (QED) is 0.706. The summed E-state index contributed by atoms with van der Waals surface area (Å²) in [4.78, 5) is 11.5. The Morgan fingerprint density at radius 1 is 1.30 bits per heavy atom. The second kappa shape index (κ2) is 6.45. The summed E-state index contributed by atoms with van der Waals surface area (Å²) in [5.41, 5.74) is 1.74. The van der Waals surface area contributed by atoms with Crippen LogP contribution in [0.4, 0.5) is 0 Å². The molecule has 0 aliphatic heterocycles. The van der Waals surface area contributed by atoms with Crippen LogP contribution < -0.4 is 4.74 Å². The molecule has 2 aromatic rings. The number of halogens is 2. The van der Waals surface area contributed by atoms with Crippen molar-refractivity contribution in [3.63, 3.8) is 0 Å². The van der Waals surface area contributed by atoms with Crippen LogP contribution in [-0.4, -0.2) is 13.1 Å². The number of furan rings is 1. The molecule has 1 aromatic carbocycles. The van der Waals surface area contributed by atoms with Crippen molar-refractivity contribution in [2.24, 2.45) is 0 Å². The predicted octanol–water partition coefficient (Wildman–Crippen LogP) is 4.48. The Balaban J connectivity index is 2.18. The van der Waals surface area contributed by atoms with Gasteiger partial charge >= 0.3 is 5.97 Å². The van der Waals surface area contributed by atoms with Crippen LogP contribution in [0.1, 0.15) is 21.7 Å². The van der Waals surface area contributed by atoms with Crippen molar-refractivity contribution in [2.75, 3.05) is 7.11 Å². The van der Waals surface area contributed by atoms with E-state index in [1.807, 2.05) is 19.1 Å². The first-order valence-electron chi connectivity index (χ1n) is 5.76. The molecular formula is C14H12Br2O4. The Kier molecular flexibility index (Phi) is 4.88. The van der Waals surface area contributed by atoms with Crippen LogP contribution in [0, 0.1) is 6.92 Å². The van der Waals surface area contributed by atoms with Crippen molar-refractivity contribution in [1.29, 1.82) is 0 Å². The van der Waals surface area contributed by atoms with Gasteiger partial charge in [-0.25, -0.2) is 4.79 Å². The number of carbonyl (C=O) groups is 1. The van der Waals surface area contributed by atoms with Crippen molar-refractivity contribution in [1.82, 2.24) is 0 Å². The van der Waals surface area contributed by atoms with Crippen LogP contribution in [0.25, 0.3) is 0 Å².